The van der Waals surface area contributed by atoms with Crippen LogP contribution in [-0.2, 0) is 0 Å². The van der Waals surface area contributed by atoms with E-state index in [1.165, 1.54) is 18.4 Å². The Morgan fingerprint density at radius 3 is 3.05 bits per heavy atom. The minimum atomic E-state index is -1.10. The lowest BCUT2D eigenvalue weighted by Crippen LogP contribution is -2.34. The monoisotopic (exact) mass is 284 g/mol. The lowest BCUT2D eigenvalue weighted by molar-refractivity contribution is 0.158. The van der Waals surface area contributed by atoms with Crippen molar-refractivity contribution < 1.29 is 5.11 Å². The van der Waals surface area contributed by atoms with Crippen molar-refractivity contribution in [1.82, 2.24) is 9.88 Å². The fourth-order valence-corrected chi connectivity index (χ4v) is 2.55. The normalized spacial score (nSPS) is 22.0. The molecule has 0 unspecified atom stereocenters. The largest absolute Gasteiger partial charge is 0.374 e. The van der Waals surface area contributed by atoms with Crippen LogP contribution in [0.2, 0.25) is 0 Å². The molecule has 0 amide bonds. The molecule has 0 aromatic carbocycles. The summed E-state index contributed by atoms with van der Waals surface area (Å²) in [6.07, 6.45) is 7.34. The molecule has 3 nitrogen and oxygen atoms in total. The molecule has 1 aromatic rings. The lowest BCUT2D eigenvalue weighted by Gasteiger charge is -2.34. The Kier molecular flexibility index (Phi) is 5.17. The number of pyridine rings is 1. The van der Waals surface area contributed by atoms with E-state index in [0.717, 1.165) is 13.0 Å². The molecule has 1 N–H and O–H groups in total. The summed E-state index contributed by atoms with van der Waals surface area (Å²) in [5.74, 6) is 6.05. The second-order valence-electron chi connectivity index (χ2n) is 5.92. The Balaban J connectivity index is 2.07. The molecule has 0 spiro atoms. The Bertz CT molecular complexity index is 539. The number of nitrogens with zero attached hydrogens (tertiary/aromatic N) is 2. The lowest BCUT2D eigenvalue weighted by atomic mass is 9.96. The molecule has 0 radical (unpaired) electrons. The average Bonchev–Trinajstić information content (AvgIpc) is 2.48. The van der Waals surface area contributed by atoms with Crippen LogP contribution in [-0.4, -0.2) is 33.7 Å². The molecule has 0 saturated carbocycles. The van der Waals surface area contributed by atoms with Crippen molar-refractivity contribution in [3.63, 3.8) is 0 Å². The number of aliphatic hydroxyl groups is 1. The predicted octanol–water partition coefficient (Wildman–Crippen LogP) is 2.94. The van der Waals surface area contributed by atoms with E-state index in [0.29, 0.717) is 18.2 Å². The van der Waals surface area contributed by atoms with Gasteiger partial charge in [0.15, 0.2) is 0 Å². The first-order valence-electron chi connectivity index (χ1n) is 7.53. The van der Waals surface area contributed by atoms with Gasteiger partial charge in [0.05, 0.1) is 6.54 Å². The van der Waals surface area contributed by atoms with Crippen molar-refractivity contribution in [3.8, 4) is 11.8 Å². The second-order valence-corrected chi connectivity index (χ2v) is 5.92. The third kappa shape index (κ3) is 4.17. The van der Waals surface area contributed by atoms with Gasteiger partial charge in [-0.3, -0.25) is 9.88 Å². The molecule has 1 aliphatic rings. The molecule has 2 rings (SSSR count). The fourth-order valence-electron chi connectivity index (χ4n) is 2.55. The van der Waals surface area contributed by atoms with Gasteiger partial charge in [-0.15, -0.1) is 0 Å². The van der Waals surface area contributed by atoms with Crippen molar-refractivity contribution in [3.05, 3.63) is 42.2 Å². The summed E-state index contributed by atoms with van der Waals surface area (Å²) >= 11 is 0. The van der Waals surface area contributed by atoms with E-state index in [1.807, 2.05) is 12.3 Å². The van der Waals surface area contributed by atoms with Crippen LogP contribution in [0.3, 0.4) is 0 Å². The SMILES string of the molecule is C=C(C)[C@@](C)(O)C#CCN1CCCC[C@H]1c1cccnc1. The van der Waals surface area contributed by atoms with E-state index >= 15 is 0 Å². The van der Waals surface area contributed by atoms with E-state index < -0.39 is 5.60 Å². The molecule has 0 aliphatic carbocycles. The third-order valence-electron chi connectivity index (χ3n) is 4.13. The van der Waals surface area contributed by atoms with Crippen LogP contribution < -0.4 is 0 Å². The fraction of sp³-hybridized carbons (Fsp3) is 0.500. The molecule has 2 heterocycles. The van der Waals surface area contributed by atoms with Crippen LogP contribution in [0.15, 0.2) is 36.7 Å². The summed E-state index contributed by atoms with van der Waals surface area (Å²) in [5, 5.41) is 10.1. The summed E-state index contributed by atoms with van der Waals surface area (Å²) in [5.41, 5.74) is 0.836. The number of aromatic nitrogens is 1. The molecule has 1 aliphatic heterocycles. The van der Waals surface area contributed by atoms with Crippen molar-refractivity contribution in [1.29, 1.82) is 0 Å². The van der Waals surface area contributed by atoms with Gasteiger partial charge in [0.1, 0.15) is 5.60 Å². The predicted molar refractivity (Wildman–Crippen MR) is 85.6 cm³/mol. The Hall–Kier alpha value is -1.63. The van der Waals surface area contributed by atoms with Gasteiger partial charge in [-0.2, -0.15) is 0 Å². The minimum absolute atomic E-state index is 0.386. The van der Waals surface area contributed by atoms with Gasteiger partial charge >= 0.3 is 0 Å². The highest BCUT2D eigenvalue weighted by Crippen LogP contribution is 2.29. The van der Waals surface area contributed by atoms with Gasteiger partial charge < -0.3 is 5.11 Å². The number of likely N-dealkylation sites (tertiary alicyclic amines) is 1. The van der Waals surface area contributed by atoms with E-state index in [2.05, 4.69) is 34.4 Å². The number of rotatable bonds is 3. The zero-order valence-electron chi connectivity index (χ0n) is 13.0. The molecule has 3 heteroatoms. The first kappa shape index (κ1) is 15.8. The Morgan fingerprint density at radius 1 is 1.57 bits per heavy atom. The second kappa shape index (κ2) is 6.89. The van der Waals surface area contributed by atoms with Crippen LogP contribution in [0.1, 0.15) is 44.7 Å². The standard InChI is InChI=1S/C18H24N2O/c1-15(2)18(3,21)10-7-13-20-12-5-4-9-17(20)16-8-6-11-19-14-16/h6,8,11,14,17,21H,1,4-5,9,12-13H2,2-3H3/t17-,18-/m0/s1. The highest BCUT2D eigenvalue weighted by atomic mass is 16.3. The van der Waals surface area contributed by atoms with Gasteiger partial charge in [-0.1, -0.05) is 30.9 Å². The molecule has 1 saturated heterocycles. The van der Waals surface area contributed by atoms with Crippen LogP contribution in [0, 0.1) is 11.8 Å². The maximum atomic E-state index is 10.1. The molecule has 0 bridgehead atoms. The van der Waals surface area contributed by atoms with Crippen LogP contribution in [0.4, 0.5) is 0 Å². The quantitative estimate of drug-likeness (QED) is 0.685. The summed E-state index contributed by atoms with van der Waals surface area (Å²) in [6.45, 7) is 8.99. The van der Waals surface area contributed by atoms with Crippen LogP contribution >= 0.6 is 0 Å². The minimum Gasteiger partial charge on any atom is -0.374 e. The number of piperidine rings is 1. The highest BCUT2D eigenvalue weighted by Gasteiger charge is 2.23. The van der Waals surface area contributed by atoms with E-state index in [-0.39, 0.29) is 0 Å². The molecule has 1 fully saturated rings. The van der Waals surface area contributed by atoms with Crippen LogP contribution in [0.25, 0.3) is 0 Å². The number of hydrogen-bond donors (Lipinski definition) is 1. The first-order valence-corrected chi connectivity index (χ1v) is 7.53. The Labute approximate surface area is 127 Å². The zero-order valence-corrected chi connectivity index (χ0v) is 13.0. The van der Waals surface area contributed by atoms with Gasteiger partial charge in [0.25, 0.3) is 0 Å². The first-order chi connectivity index (χ1) is 10.0. The average molecular weight is 284 g/mol. The van der Waals surface area contributed by atoms with Crippen molar-refractivity contribution in [2.45, 2.75) is 44.8 Å². The Morgan fingerprint density at radius 2 is 2.38 bits per heavy atom. The third-order valence-corrected chi connectivity index (χ3v) is 4.13. The summed E-state index contributed by atoms with van der Waals surface area (Å²) in [6, 6.07) is 4.50. The molecular formula is C18H24N2O. The van der Waals surface area contributed by atoms with Crippen molar-refractivity contribution >= 4 is 0 Å². The topological polar surface area (TPSA) is 36.4 Å². The van der Waals surface area contributed by atoms with Gasteiger partial charge in [0, 0.05) is 18.4 Å². The smallest absolute Gasteiger partial charge is 0.143 e. The van der Waals surface area contributed by atoms with Crippen molar-refractivity contribution in [2.24, 2.45) is 0 Å². The number of hydrogen-bond acceptors (Lipinski definition) is 3. The zero-order chi connectivity index (χ0) is 15.3. The van der Waals surface area contributed by atoms with Crippen LogP contribution in [0.5, 0.6) is 0 Å². The summed E-state index contributed by atoms with van der Waals surface area (Å²) < 4.78 is 0. The molecule has 1 aromatic heterocycles. The van der Waals surface area contributed by atoms with Crippen molar-refractivity contribution in [2.75, 3.05) is 13.1 Å². The molecule has 2 atom stereocenters. The summed E-state index contributed by atoms with van der Waals surface area (Å²) in [7, 11) is 0. The van der Waals surface area contributed by atoms with Gasteiger partial charge in [0.2, 0.25) is 0 Å². The maximum Gasteiger partial charge on any atom is 0.143 e. The highest BCUT2D eigenvalue weighted by molar-refractivity contribution is 5.26. The maximum absolute atomic E-state index is 10.1. The molecule has 21 heavy (non-hydrogen) atoms. The van der Waals surface area contributed by atoms with E-state index in [4.69, 9.17) is 0 Å². The summed E-state index contributed by atoms with van der Waals surface area (Å²) in [4.78, 5) is 6.60. The van der Waals surface area contributed by atoms with E-state index in [9.17, 15) is 5.11 Å². The van der Waals surface area contributed by atoms with E-state index in [1.54, 1.807) is 20.0 Å². The van der Waals surface area contributed by atoms with Gasteiger partial charge in [-0.25, -0.2) is 0 Å². The molecule has 112 valence electrons. The molecular weight excluding hydrogens is 260 g/mol. The van der Waals surface area contributed by atoms with Gasteiger partial charge in [-0.05, 0) is 50.4 Å².